The lowest BCUT2D eigenvalue weighted by atomic mass is 10.1. The highest BCUT2D eigenvalue weighted by Gasteiger charge is 2.10. The van der Waals surface area contributed by atoms with Gasteiger partial charge in [-0.2, -0.15) is 0 Å². The molecule has 1 N–H and O–H groups in total. The second kappa shape index (κ2) is 5.40. The third-order valence-corrected chi connectivity index (χ3v) is 2.65. The third-order valence-electron chi connectivity index (χ3n) is 2.65. The molecule has 2 heteroatoms. The largest absolute Gasteiger partial charge is 0.389 e. The summed E-state index contributed by atoms with van der Waals surface area (Å²) in [6.45, 7) is 7.57. The standard InChI is InChI=1S/C11H21NO/c1-3-12-7-4-5-11(6-8-12)9-10(2)13/h9-10,13H,3-8H2,1-2H3. The maximum atomic E-state index is 9.23. The van der Waals surface area contributed by atoms with Crippen molar-refractivity contribution in [1.29, 1.82) is 0 Å². The van der Waals surface area contributed by atoms with Crippen molar-refractivity contribution in [3.63, 3.8) is 0 Å². The molecule has 0 bridgehead atoms. The molecule has 1 unspecified atom stereocenters. The Kier molecular flexibility index (Phi) is 4.46. The molecule has 1 aliphatic heterocycles. The fraction of sp³-hybridized carbons (Fsp3) is 0.818. The predicted octanol–water partition coefficient (Wildman–Crippen LogP) is 1.80. The molecule has 0 aromatic heterocycles. The van der Waals surface area contributed by atoms with Crippen molar-refractivity contribution in [1.82, 2.24) is 4.90 Å². The van der Waals surface area contributed by atoms with Gasteiger partial charge < -0.3 is 10.0 Å². The fourth-order valence-electron chi connectivity index (χ4n) is 1.89. The Bertz CT molecular complexity index is 175. The second-order valence-corrected chi connectivity index (χ2v) is 3.85. The highest BCUT2D eigenvalue weighted by Crippen LogP contribution is 2.16. The van der Waals surface area contributed by atoms with Crippen LogP contribution in [-0.4, -0.2) is 35.7 Å². The van der Waals surface area contributed by atoms with Gasteiger partial charge >= 0.3 is 0 Å². The molecular weight excluding hydrogens is 162 g/mol. The molecular formula is C11H21NO. The summed E-state index contributed by atoms with van der Waals surface area (Å²) in [5, 5.41) is 9.23. The van der Waals surface area contributed by atoms with Crippen LogP contribution < -0.4 is 0 Å². The molecule has 76 valence electrons. The van der Waals surface area contributed by atoms with E-state index in [-0.39, 0.29) is 6.10 Å². The van der Waals surface area contributed by atoms with Crippen LogP contribution in [-0.2, 0) is 0 Å². The molecule has 1 fully saturated rings. The zero-order valence-electron chi connectivity index (χ0n) is 8.79. The average molecular weight is 183 g/mol. The molecule has 1 aliphatic rings. The molecule has 0 aromatic carbocycles. The molecule has 1 atom stereocenters. The van der Waals surface area contributed by atoms with Gasteiger partial charge in [0, 0.05) is 6.54 Å². The number of hydrogen-bond acceptors (Lipinski definition) is 2. The highest BCUT2D eigenvalue weighted by atomic mass is 16.3. The molecule has 0 aliphatic carbocycles. The number of likely N-dealkylation sites (tertiary alicyclic amines) is 1. The zero-order valence-corrected chi connectivity index (χ0v) is 8.79. The molecule has 0 spiro atoms. The van der Waals surface area contributed by atoms with Gasteiger partial charge in [-0.15, -0.1) is 0 Å². The van der Waals surface area contributed by atoms with Crippen molar-refractivity contribution >= 4 is 0 Å². The molecule has 1 rings (SSSR count). The topological polar surface area (TPSA) is 23.5 Å². The summed E-state index contributed by atoms with van der Waals surface area (Å²) in [5.74, 6) is 0. The first-order valence-electron chi connectivity index (χ1n) is 5.32. The third kappa shape index (κ3) is 3.92. The molecule has 2 nitrogen and oxygen atoms in total. The minimum Gasteiger partial charge on any atom is -0.389 e. The molecule has 13 heavy (non-hydrogen) atoms. The molecule has 0 amide bonds. The van der Waals surface area contributed by atoms with Gasteiger partial charge in [0.05, 0.1) is 6.10 Å². The van der Waals surface area contributed by atoms with E-state index in [0.717, 1.165) is 19.5 Å². The van der Waals surface area contributed by atoms with Gasteiger partial charge in [-0.1, -0.05) is 18.6 Å². The highest BCUT2D eigenvalue weighted by molar-refractivity contribution is 5.06. The Morgan fingerprint density at radius 1 is 1.46 bits per heavy atom. The fourth-order valence-corrected chi connectivity index (χ4v) is 1.89. The summed E-state index contributed by atoms with van der Waals surface area (Å²) in [7, 11) is 0. The van der Waals surface area contributed by atoms with Gasteiger partial charge in [0.2, 0.25) is 0 Å². The predicted molar refractivity (Wildman–Crippen MR) is 55.7 cm³/mol. The van der Waals surface area contributed by atoms with Gasteiger partial charge in [0.1, 0.15) is 0 Å². The Morgan fingerprint density at radius 2 is 2.23 bits per heavy atom. The number of aliphatic hydroxyl groups is 1. The summed E-state index contributed by atoms with van der Waals surface area (Å²) in [4.78, 5) is 2.48. The van der Waals surface area contributed by atoms with Crippen LogP contribution in [0.15, 0.2) is 11.6 Å². The van der Waals surface area contributed by atoms with E-state index in [9.17, 15) is 5.11 Å². The van der Waals surface area contributed by atoms with E-state index in [1.165, 1.54) is 25.0 Å². The summed E-state index contributed by atoms with van der Waals surface area (Å²) in [6.07, 6.45) is 5.29. The summed E-state index contributed by atoms with van der Waals surface area (Å²) < 4.78 is 0. The molecule has 1 saturated heterocycles. The van der Waals surface area contributed by atoms with Gasteiger partial charge in [-0.05, 0) is 39.3 Å². The van der Waals surface area contributed by atoms with Crippen molar-refractivity contribution in [2.45, 2.75) is 39.2 Å². The van der Waals surface area contributed by atoms with E-state index < -0.39 is 0 Å². The molecule has 0 saturated carbocycles. The first-order chi connectivity index (χ1) is 6.22. The second-order valence-electron chi connectivity index (χ2n) is 3.85. The first kappa shape index (κ1) is 10.7. The lowest BCUT2D eigenvalue weighted by Gasteiger charge is -2.16. The van der Waals surface area contributed by atoms with E-state index in [0.29, 0.717) is 0 Å². The Morgan fingerprint density at radius 3 is 2.85 bits per heavy atom. The van der Waals surface area contributed by atoms with Crippen molar-refractivity contribution in [2.75, 3.05) is 19.6 Å². The van der Waals surface area contributed by atoms with Crippen LogP contribution in [0.5, 0.6) is 0 Å². The lowest BCUT2D eigenvalue weighted by molar-refractivity contribution is 0.242. The summed E-state index contributed by atoms with van der Waals surface area (Å²) in [6, 6.07) is 0. The van der Waals surface area contributed by atoms with Crippen molar-refractivity contribution in [3.05, 3.63) is 11.6 Å². The summed E-state index contributed by atoms with van der Waals surface area (Å²) >= 11 is 0. The molecule has 1 heterocycles. The van der Waals surface area contributed by atoms with Crippen molar-refractivity contribution < 1.29 is 5.11 Å². The van der Waals surface area contributed by atoms with Crippen molar-refractivity contribution in [2.24, 2.45) is 0 Å². The van der Waals surface area contributed by atoms with E-state index in [1.54, 1.807) is 0 Å². The SMILES string of the molecule is CCN1CCCC(=CC(C)O)CC1. The average Bonchev–Trinajstić information content (AvgIpc) is 2.29. The van der Waals surface area contributed by atoms with E-state index >= 15 is 0 Å². The summed E-state index contributed by atoms with van der Waals surface area (Å²) in [5.41, 5.74) is 1.44. The quantitative estimate of drug-likeness (QED) is 0.660. The number of rotatable bonds is 2. The van der Waals surface area contributed by atoms with E-state index in [4.69, 9.17) is 0 Å². The molecule has 0 radical (unpaired) electrons. The van der Waals surface area contributed by atoms with Crippen LogP contribution in [0.2, 0.25) is 0 Å². The van der Waals surface area contributed by atoms with Crippen molar-refractivity contribution in [3.8, 4) is 0 Å². The zero-order chi connectivity index (χ0) is 9.68. The lowest BCUT2D eigenvalue weighted by Crippen LogP contribution is -2.23. The minimum absolute atomic E-state index is 0.275. The van der Waals surface area contributed by atoms with Crippen LogP contribution in [0.3, 0.4) is 0 Å². The van der Waals surface area contributed by atoms with Gasteiger partial charge in [-0.25, -0.2) is 0 Å². The van der Waals surface area contributed by atoms with Crippen LogP contribution >= 0.6 is 0 Å². The maximum absolute atomic E-state index is 9.23. The Balaban J connectivity index is 2.44. The normalized spacial score (nSPS) is 25.9. The Labute approximate surface area is 81.2 Å². The maximum Gasteiger partial charge on any atom is 0.0695 e. The monoisotopic (exact) mass is 183 g/mol. The van der Waals surface area contributed by atoms with Gasteiger partial charge in [0.25, 0.3) is 0 Å². The Hall–Kier alpha value is -0.340. The van der Waals surface area contributed by atoms with Crippen LogP contribution in [0.25, 0.3) is 0 Å². The van der Waals surface area contributed by atoms with E-state index in [2.05, 4.69) is 11.8 Å². The number of hydrogen-bond donors (Lipinski definition) is 1. The van der Waals surface area contributed by atoms with Gasteiger partial charge in [0.15, 0.2) is 0 Å². The van der Waals surface area contributed by atoms with Crippen LogP contribution in [0.4, 0.5) is 0 Å². The number of nitrogens with zero attached hydrogens (tertiary/aromatic N) is 1. The van der Waals surface area contributed by atoms with Crippen LogP contribution in [0.1, 0.15) is 33.1 Å². The van der Waals surface area contributed by atoms with Crippen LogP contribution in [0, 0.1) is 0 Å². The van der Waals surface area contributed by atoms with Gasteiger partial charge in [-0.3, -0.25) is 0 Å². The minimum atomic E-state index is -0.275. The molecule has 0 aromatic rings. The smallest absolute Gasteiger partial charge is 0.0695 e. The van der Waals surface area contributed by atoms with E-state index in [1.807, 2.05) is 13.0 Å². The number of aliphatic hydroxyl groups excluding tert-OH is 1. The first-order valence-corrected chi connectivity index (χ1v) is 5.32.